The van der Waals surface area contributed by atoms with Crippen LogP contribution in [0, 0.1) is 0 Å². The lowest BCUT2D eigenvalue weighted by Gasteiger charge is -2.16. The van der Waals surface area contributed by atoms with E-state index in [9.17, 15) is 0 Å². The van der Waals surface area contributed by atoms with Crippen LogP contribution in [0.5, 0.6) is 0 Å². The molecule has 3 nitrogen and oxygen atoms in total. The molecule has 3 N–H and O–H groups in total. The van der Waals surface area contributed by atoms with E-state index in [4.69, 9.17) is 29.6 Å². The van der Waals surface area contributed by atoms with Crippen LogP contribution >= 0.6 is 23.8 Å². The van der Waals surface area contributed by atoms with Crippen LogP contribution in [0.2, 0.25) is 5.02 Å². The number of likely N-dealkylation sites (tertiary alicyclic amines) is 1. The zero-order valence-electron chi connectivity index (χ0n) is 11.0. The number of nitrogens with zero attached hydrogens (tertiary/aromatic N) is 1. The second kappa shape index (κ2) is 7.08. The van der Waals surface area contributed by atoms with Crippen molar-refractivity contribution in [3.8, 4) is 0 Å². The summed E-state index contributed by atoms with van der Waals surface area (Å²) in [7, 11) is 0. The van der Waals surface area contributed by atoms with Gasteiger partial charge in [-0.15, -0.1) is 0 Å². The highest BCUT2D eigenvalue weighted by Gasteiger charge is 2.10. The monoisotopic (exact) mass is 297 g/mol. The Labute approximate surface area is 125 Å². The standard InChI is InChI=1S/C14H20ClN3S/c15-11-4-5-12(14(16)19)13(10-11)17-6-3-9-18-7-1-2-8-18/h4-5,10,17H,1-3,6-9H2,(H2,16,19). The Morgan fingerprint density at radius 1 is 1.37 bits per heavy atom. The van der Waals surface area contributed by atoms with Crippen molar-refractivity contribution in [1.29, 1.82) is 0 Å². The predicted octanol–water partition coefficient (Wildman–Crippen LogP) is 2.87. The molecular formula is C14H20ClN3S. The van der Waals surface area contributed by atoms with Crippen molar-refractivity contribution in [2.24, 2.45) is 5.73 Å². The van der Waals surface area contributed by atoms with Crippen molar-refractivity contribution >= 4 is 34.5 Å². The van der Waals surface area contributed by atoms with Crippen LogP contribution in [-0.4, -0.2) is 36.1 Å². The fourth-order valence-corrected chi connectivity index (χ4v) is 2.76. The summed E-state index contributed by atoms with van der Waals surface area (Å²) in [6, 6.07) is 5.56. The van der Waals surface area contributed by atoms with E-state index < -0.39 is 0 Å². The molecule has 0 radical (unpaired) electrons. The van der Waals surface area contributed by atoms with Gasteiger partial charge in [-0.3, -0.25) is 0 Å². The summed E-state index contributed by atoms with van der Waals surface area (Å²) in [6.07, 6.45) is 3.80. The molecule has 1 aliphatic heterocycles. The van der Waals surface area contributed by atoms with E-state index in [0.29, 0.717) is 10.0 Å². The minimum absolute atomic E-state index is 0.402. The molecule has 1 aromatic carbocycles. The number of hydrogen-bond donors (Lipinski definition) is 2. The van der Waals surface area contributed by atoms with E-state index >= 15 is 0 Å². The number of thiocarbonyl (C=S) groups is 1. The maximum absolute atomic E-state index is 6.01. The van der Waals surface area contributed by atoms with Gasteiger partial charge in [0, 0.05) is 22.8 Å². The summed E-state index contributed by atoms with van der Waals surface area (Å²) in [5.74, 6) is 0. The van der Waals surface area contributed by atoms with Crippen LogP contribution in [0.3, 0.4) is 0 Å². The van der Waals surface area contributed by atoms with Crippen LogP contribution < -0.4 is 11.1 Å². The lowest BCUT2D eigenvalue weighted by atomic mass is 10.1. The van der Waals surface area contributed by atoms with Crippen molar-refractivity contribution < 1.29 is 0 Å². The van der Waals surface area contributed by atoms with Crippen molar-refractivity contribution in [3.05, 3.63) is 28.8 Å². The number of nitrogens with two attached hydrogens (primary N) is 1. The van der Waals surface area contributed by atoms with Gasteiger partial charge in [0.25, 0.3) is 0 Å². The molecule has 1 fully saturated rings. The van der Waals surface area contributed by atoms with Gasteiger partial charge in [-0.25, -0.2) is 0 Å². The zero-order valence-corrected chi connectivity index (χ0v) is 12.6. The Bertz CT molecular complexity index is 444. The first-order valence-electron chi connectivity index (χ1n) is 6.72. The first kappa shape index (κ1) is 14.6. The van der Waals surface area contributed by atoms with Crippen LogP contribution in [0.1, 0.15) is 24.8 Å². The molecule has 0 bridgehead atoms. The highest BCUT2D eigenvalue weighted by Crippen LogP contribution is 2.21. The Morgan fingerprint density at radius 3 is 2.79 bits per heavy atom. The molecule has 5 heteroatoms. The third-order valence-corrected chi connectivity index (χ3v) is 3.87. The minimum atomic E-state index is 0.402. The smallest absolute Gasteiger partial charge is 0.106 e. The molecule has 0 amide bonds. The van der Waals surface area contributed by atoms with Crippen molar-refractivity contribution in [2.75, 3.05) is 31.5 Å². The summed E-state index contributed by atoms with van der Waals surface area (Å²) >= 11 is 11.1. The highest BCUT2D eigenvalue weighted by atomic mass is 35.5. The average molecular weight is 298 g/mol. The molecule has 2 rings (SSSR count). The minimum Gasteiger partial charge on any atom is -0.389 e. The number of benzene rings is 1. The lowest BCUT2D eigenvalue weighted by Crippen LogP contribution is -2.22. The maximum Gasteiger partial charge on any atom is 0.106 e. The van der Waals surface area contributed by atoms with Gasteiger partial charge >= 0.3 is 0 Å². The van der Waals surface area contributed by atoms with Gasteiger partial charge in [0.2, 0.25) is 0 Å². The van der Waals surface area contributed by atoms with E-state index in [-0.39, 0.29) is 0 Å². The molecular weight excluding hydrogens is 278 g/mol. The third kappa shape index (κ3) is 4.34. The molecule has 0 unspecified atom stereocenters. The van der Waals surface area contributed by atoms with Gasteiger partial charge in [-0.2, -0.15) is 0 Å². The van der Waals surface area contributed by atoms with Gasteiger partial charge in [0.05, 0.1) is 0 Å². The normalized spacial score (nSPS) is 15.6. The van der Waals surface area contributed by atoms with Crippen molar-refractivity contribution in [1.82, 2.24) is 4.90 Å². The zero-order chi connectivity index (χ0) is 13.7. The van der Waals surface area contributed by atoms with E-state index in [1.165, 1.54) is 25.9 Å². The molecule has 104 valence electrons. The second-order valence-electron chi connectivity index (χ2n) is 4.88. The van der Waals surface area contributed by atoms with E-state index in [2.05, 4.69) is 10.2 Å². The lowest BCUT2D eigenvalue weighted by molar-refractivity contribution is 0.337. The Hall–Kier alpha value is -0.840. The van der Waals surface area contributed by atoms with Crippen molar-refractivity contribution in [3.63, 3.8) is 0 Å². The molecule has 0 atom stereocenters. The predicted molar refractivity (Wildman–Crippen MR) is 86.1 cm³/mol. The fraction of sp³-hybridized carbons (Fsp3) is 0.500. The molecule has 1 aliphatic rings. The van der Waals surface area contributed by atoms with Gasteiger partial charge in [0.15, 0.2) is 0 Å². The Morgan fingerprint density at radius 2 is 2.11 bits per heavy atom. The molecule has 1 aromatic rings. The quantitative estimate of drug-likeness (QED) is 0.626. The first-order chi connectivity index (χ1) is 9.16. The Balaban J connectivity index is 1.84. The number of halogens is 1. The third-order valence-electron chi connectivity index (χ3n) is 3.41. The molecule has 0 spiro atoms. The summed E-state index contributed by atoms with van der Waals surface area (Å²) in [6.45, 7) is 4.55. The summed E-state index contributed by atoms with van der Waals surface area (Å²) in [5, 5.41) is 4.08. The SMILES string of the molecule is NC(=S)c1ccc(Cl)cc1NCCCN1CCCC1. The van der Waals surface area contributed by atoms with Crippen LogP contribution in [0.15, 0.2) is 18.2 Å². The molecule has 0 aromatic heterocycles. The summed E-state index contributed by atoms with van der Waals surface area (Å²) in [5.41, 5.74) is 7.50. The number of hydrogen-bond acceptors (Lipinski definition) is 3. The topological polar surface area (TPSA) is 41.3 Å². The largest absolute Gasteiger partial charge is 0.389 e. The van der Waals surface area contributed by atoms with Crippen molar-refractivity contribution in [2.45, 2.75) is 19.3 Å². The fourth-order valence-electron chi connectivity index (χ4n) is 2.41. The molecule has 0 saturated carbocycles. The average Bonchev–Trinajstić information content (AvgIpc) is 2.87. The van der Waals surface area contributed by atoms with E-state index in [1.807, 2.05) is 18.2 Å². The summed E-state index contributed by atoms with van der Waals surface area (Å²) < 4.78 is 0. The van der Waals surface area contributed by atoms with E-state index in [0.717, 1.165) is 30.8 Å². The maximum atomic E-state index is 6.01. The number of anilines is 1. The number of rotatable bonds is 6. The van der Waals surface area contributed by atoms with Gasteiger partial charge in [-0.05, 0) is 57.1 Å². The molecule has 19 heavy (non-hydrogen) atoms. The number of nitrogens with one attached hydrogen (secondary N) is 1. The van der Waals surface area contributed by atoms with Crippen LogP contribution in [-0.2, 0) is 0 Å². The second-order valence-corrected chi connectivity index (χ2v) is 5.76. The first-order valence-corrected chi connectivity index (χ1v) is 7.51. The Kier molecular flexibility index (Phi) is 5.43. The molecule has 1 saturated heterocycles. The van der Waals surface area contributed by atoms with Gasteiger partial charge in [0.1, 0.15) is 4.99 Å². The van der Waals surface area contributed by atoms with Crippen LogP contribution in [0.4, 0.5) is 5.69 Å². The van der Waals surface area contributed by atoms with Crippen LogP contribution in [0.25, 0.3) is 0 Å². The summed E-state index contributed by atoms with van der Waals surface area (Å²) in [4.78, 5) is 2.91. The molecule has 1 heterocycles. The molecule has 0 aliphatic carbocycles. The van der Waals surface area contributed by atoms with Gasteiger partial charge < -0.3 is 16.0 Å². The highest BCUT2D eigenvalue weighted by molar-refractivity contribution is 7.80. The van der Waals surface area contributed by atoms with Gasteiger partial charge in [-0.1, -0.05) is 23.8 Å². The van der Waals surface area contributed by atoms with E-state index in [1.54, 1.807) is 0 Å².